The van der Waals surface area contributed by atoms with Crippen molar-refractivity contribution >= 4 is 23.5 Å². The van der Waals surface area contributed by atoms with Gasteiger partial charge < -0.3 is 20.1 Å². The van der Waals surface area contributed by atoms with Gasteiger partial charge in [-0.1, -0.05) is 23.7 Å². The van der Waals surface area contributed by atoms with Gasteiger partial charge in [0.05, 0.1) is 5.02 Å². The van der Waals surface area contributed by atoms with E-state index < -0.39 is 5.97 Å². The topological polar surface area (TPSA) is 76.7 Å². The van der Waals surface area contributed by atoms with Gasteiger partial charge in [0.1, 0.15) is 23.2 Å². The molecule has 2 heterocycles. The molecule has 0 radical (unpaired) electrons. The van der Waals surface area contributed by atoms with E-state index >= 15 is 0 Å². The molecule has 0 bridgehead atoms. The monoisotopic (exact) mass is 456 g/mol. The number of hydrogen-bond acceptors (Lipinski definition) is 5. The first-order valence-electron chi connectivity index (χ1n) is 10.9. The highest BCUT2D eigenvalue weighted by Crippen LogP contribution is 2.39. The maximum Gasteiger partial charge on any atom is 0.342 e. The Hall–Kier alpha value is -2.57. The van der Waals surface area contributed by atoms with Crippen LogP contribution in [0.2, 0.25) is 5.02 Å². The predicted octanol–water partition coefficient (Wildman–Crippen LogP) is 5.40. The fourth-order valence-corrected chi connectivity index (χ4v) is 5.23. The van der Waals surface area contributed by atoms with E-state index in [1.165, 1.54) is 0 Å². The second-order valence-corrected chi connectivity index (χ2v) is 10.4. The van der Waals surface area contributed by atoms with Gasteiger partial charge in [0.25, 0.3) is 5.91 Å². The van der Waals surface area contributed by atoms with Crippen molar-refractivity contribution in [1.82, 2.24) is 10.6 Å². The summed E-state index contributed by atoms with van der Waals surface area (Å²) in [6.07, 6.45) is 1.36. The van der Waals surface area contributed by atoms with Gasteiger partial charge in [-0.15, -0.1) is 0 Å². The van der Waals surface area contributed by atoms with E-state index in [4.69, 9.17) is 21.1 Å². The highest BCUT2D eigenvalue weighted by molar-refractivity contribution is 6.32. The lowest BCUT2D eigenvalue weighted by atomic mass is 9.79. The number of carbonyl (C=O) groups excluding carboxylic acids is 2. The molecular weight excluding hydrogens is 428 g/mol. The van der Waals surface area contributed by atoms with Crippen LogP contribution < -0.4 is 15.4 Å². The Kier molecular flexibility index (Phi) is 5.72. The Morgan fingerprint density at radius 3 is 2.47 bits per heavy atom. The van der Waals surface area contributed by atoms with Crippen LogP contribution in [0.4, 0.5) is 0 Å². The molecule has 0 spiro atoms. The van der Waals surface area contributed by atoms with Crippen molar-refractivity contribution < 1.29 is 19.1 Å². The van der Waals surface area contributed by atoms with E-state index in [9.17, 15) is 9.59 Å². The van der Waals surface area contributed by atoms with Gasteiger partial charge in [-0.25, -0.2) is 4.79 Å². The Labute approximate surface area is 193 Å². The maximum absolute atomic E-state index is 12.9. The number of halogens is 1. The summed E-state index contributed by atoms with van der Waals surface area (Å²) in [7, 11) is 0. The first-order chi connectivity index (χ1) is 14.9. The summed E-state index contributed by atoms with van der Waals surface area (Å²) in [5.41, 5.74) is 1.53. The highest BCUT2D eigenvalue weighted by atomic mass is 35.5. The molecule has 170 valence electrons. The summed E-state index contributed by atoms with van der Waals surface area (Å²) in [6.45, 7) is 10.4. The summed E-state index contributed by atoms with van der Waals surface area (Å²) in [4.78, 5) is 25.1. The van der Waals surface area contributed by atoms with Crippen molar-refractivity contribution in [3.8, 4) is 11.5 Å². The lowest BCUT2D eigenvalue weighted by Crippen LogP contribution is -2.62. The second-order valence-electron chi connectivity index (χ2n) is 9.99. The molecule has 1 unspecified atom stereocenters. The SMILES string of the molecule is CC1OC(=O)c2c(Oc3ccc(C(=O)NC4CC(C)(C)NC(C)(C)C4)cc3Cl)cccc21. The number of benzene rings is 2. The minimum Gasteiger partial charge on any atom is -0.455 e. The number of esters is 1. The Morgan fingerprint density at radius 2 is 1.81 bits per heavy atom. The molecule has 7 heteroatoms. The fourth-order valence-electron chi connectivity index (χ4n) is 5.01. The van der Waals surface area contributed by atoms with Crippen LogP contribution in [-0.2, 0) is 4.74 Å². The summed E-state index contributed by atoms with van der Waals surface area (Å²) in [5, 5.41) is 7.06. The molecule has 2 aliphatic rings. The summed E-state index contributed by atoms with van der Waals surface area (Å²) in [5.74, 6) is 0.168. The predicted molar refractivity (Wildman–Crippen MR) is 124 cm³/mol. The number of piperidine rings is 1. The van der Waals surface area contributed by atoms with Gasteiger partial charge in [0, 0.05) is 28.2 Å². The second kappa shape index (κ2) is 8.09. The van der Waals surface area contributed by atoms with E-state index in [2.05, 4.69) is 38.3 Å². The average Bonchev–Trinajstić information content (AvgIpc) is 2.95. The van der Waals surface area contributed by atoms with Crippen molar-refractivity contribution in [2.75, 3.05) is 0 Å². The third-order valence-corrected chi connectivity index (χ3v) is 6.22. The molecule has 2 aromatic carbocycles. The molecule has 1 saturated heterocycles. The van der Waals surface area contributed by atoms with Gasteiger partial charge in [0.2, 0.25) is 0 Å². The van der Waals surface area contributed by atoms with Crippen molar-refractivity contribution in [1.29, 1.82) is 0 Å². The van der Waals surface area contributed by atoms with E-state index in [-0.39, 0.29) is 29.1 Å². The number of ether oxygens (including phenoxy) is 2. The van der Waals surface area contributed by atoms with Crippen LogP contribution in [0, 0.1) is 0 Å². The lowest BCUT2D eigenvalue weighted by molar-refractivity contribution is 0.0420. The molecular formula is C25H29ClN2O4. The standard InChI is InChI=1S/C25H29ClN2O4/c1-14-17-7-6-8-20(21(17)23(30)31-14)32-19-10-9-15(11-18(19)26)22(29)27-16-12-24(2,3)28-25(4,5)13-16/h6-11,14,16,28H,12-13H2,1-5H3,(H,27,29). The van der Waals surface area contributed by atoms with Crippen LogP contribution >= 0.6 is 11.6 Å². The highest BCUT2D eigenvalue weighted by Gasteiger charge is 2.38. The number of rotatable bonds is 4. The largest absolute Gasteiger partial charge is 0.455 e. The molecule has 1 fully saturated rings. The third-order valence-electron chi connectivity index (χ3n) is 5.92. The minimum atomic E-state index is -0.414. The Morgan fingerprint density at radius 1 is 1.12 bits per heavy atom. The van der Waals surface area contributed by atoms with Crippen LogP contribution in [0.3, 0.4) is 0 Å². The number of carbonyl (C=O) groups is 2. The molecule has 4 rings (SSSR count). The molecule has 2 aliphatic heterocycles. The summed E-state index contributed by atoms with van der Waals surface area (Å²) in [6, 6.07) is 10.3. The summed E-state index contributed by atoms with van der Waals surface area (Å²) < 4.78 is 11.2. The molecule has 0 saturated carbocycles. The molecule has 0 aliphatic carbocycles. The molecule has 32 heavy (non-hydrogen) atoms. The molecule has 1 atom stereocenters. The summed E-state index contributed by atoms with van der Waals surface area (Å²) >= 11 is 6.44. The van der Waals surface area contributed by atoms with E-state index in [0.717, 1.165) is 18.4 Å². The first-order valence-corrected chi connectivity index (χ1v) is 11.2. The van der Waals surface area contributed by atoms with E-state index in [1.807, 2.05) is 19.1 Å². The zero-order chi connectivity index (χ0) is 23.3. The Balaban J connectivity index is 1.50. The van der Waals surface area contributed by atoms with Crippen LogP contribution in [0.15, 0.2) is 36.4 Å². The smallest absolute Gasteiger partial charge is 0.342 e. The third kappa shape index (κ3) is 4.62. The fraction of sp³-hybridized carbons (Fsp3) is 0.440. The first kappa shape index (κ1) is 22.6. The number of hydrogen-bond donors (Lipinski definition) is 2. The van der Waals surface area contributed by atoms with Crippen LogP contribution in [0.25, 0.3) is 0 Å². The lowest BCUT2D eigenvalue weighted by Gasteiger charge is -2.46. The van der Waals surface area contributed by atoms with Gasteiger partial charge in [0.15, 0.2) is 0 Å². The van der Waals surface area contributed by atoms with Crippen LogP contribution in [-0.4, -0.2) is 29.0 Å². The van der Waals surface area contributed by atoms with Crippen molar-refractivity contribution in [3.63, 3.8) is 0 Å². The molecule has 2 aromatic rings. The zero-order valence-corrected chi connectivity index (χ0v) is 19.8. The Bertz CT molecular complexity index is 1060. The van der Waals surface area contributed by atoms with Gasteiger partial charge >= 0.3 is 5.97 Å². The van der Waals surface area contributed by atoms with Crippen molar-refractivity contribution in [2.24, 2.45) is 0 Å². The number of cyclic esters (lactones) is 1. The number of fused-ring (bicyclic) bond motifs is 1. The number of amides is 1. The van der Waals surface area contributed by atoms with Gasteiger partial charge in [-0.3, -0.25) is 4.79 Å². The maximum atomic E-state index is 12.9. The minimum absolute atomic E-state index is 0.0587. The molecule has 2 N–H and O–H groups in total. The average molecular weight is 457 g/mol. The quantitative estimate of drug-likeness (QED) is 0.602. The molecule has 1 amide bonds. The van der Waals surface area contributed by atoms with Crippen LogP contribution in [0.1, 0.15) is 79.8 Å². The van der Waals surface area contributed by atoms with Crippen molar-refractivity contribution in [2.45, 2.75) is 70.7 Å². The van der Waals surface area contributed by atoms with Crippen LogP contribution in [0.5, 0.6) is 11.5 Å². The zero-order valence-electron chi connectivity index (χ0n) is 19.0. The van der Waals surface area contributed by atoms with Crippen molar-refractivity contribution in [3.05, 3.63) is 58.1 Å². The van der Waals surface area contributed by atoms with E-state index in [0.29, 0.717) is 27.6 Å². The van der Waals surface area contributed by atoms with E-state index in [1.54, 1.807) is 24.3 Å². The van der Waals surface area contributed by atoms with Gasteiger partial charge in [-0.2, -0.15) is 0 Å². The number of nitrogens with one attached hydrogen (secondary N) is 2. The molecule has 0 aromatic heterocycles. The normalized spacial score (nSPS) is 21.6. The molecule has 6 nitrogen and oxygen atoms in total. The van der Waals surface area contributed by atoms with Gasteiger partial charge in [-0.05, 0) is 71.7 Å².